The summed E-state index contributed by atoms with van der Waals surface area (Å²) in [5.74, 6) is 0. The second-order valence-electron chi connectivity index (χ2n) is 4.77. The summed E-state index contributed by atoms with van der Waals surface area (Å²) in [6.07, 6.45) is 3.20. The molecule has 0 unspecified atom stereocenters. The van der Waals surface area contributed by atoms with Crippen molar-refractivity contribution in [3.8, 4) is 0 Å². The van der Waals surface area contributed by atoms with Gasteiger partial charge in [-0.1, -0.05) is 39.2 Å². The van der Waals surface area contributed by atoms with Gasteiger partial charge in [0.25, 0.3) is 0 Å². The first-order chi connectivity index (χ1) is 9.13. The first kappa shape index (κ1) is 12.8. The molecule has 1 aliphatic rings. The Hall–Kier alpha value is -1.25. The molecule has 1 aliphatic heterocycles. The minimum atomic E-state index is 0.760. The number of hydrogen-bond acceptors (Lipinski definition) is 1. The van der Waals surface area contributed by atoms with Crippen LogP contribution in [0.4, 0.5) is 11.4 Å². The van der Waals surface area contributed by atoms with Gasteiger partial charge in [0.05, 0.1) is 5.69 Å². The van der Waals surface area contributed by atoms with E-state index in [9.17, 15) is 0 Å². The van der Waals surface area contributed by atoms with Gasteiger partial charge in [-0.2, -0.15) is 0 Å². The van der Waals surface area contributed by atoms with E-state index >= 15 is 0 Å². The zero-order valence-corrected chi connectivity index (χ0v) is 12.9. The first-order valence-electron chi connectivity index (χ1n) is 6.14. The highest BCUT2D eigenvalue weighted by atomic mass is 79.9. The minimum absolute atomic E-state index is 0.760. The summed E-state index contributed by atoms with van der Waals surface area (Å²) in [6, 6.07) is 14.4. The summed E-state index contributed by atoms with van der Waals surface area (Å²) < 4.78 is 1.10. The zero-order chi connectivity index (χ0) is 13.4. The quantitative estimate of drug-likeness (QED) is 0.646. The number of rotatable bonds is 1. The van der Waals surface area contributed by atoms with Crippen LogP contribution in [0.25, 0.3) is 0 Å². The SMILES string of the molecule is CC1=CN(c2ccc(Cl)cc2)c2cc(Br)ccc2C1. The Morgan fingerprint density at radius 3 is 2.58 bits per heavy atom. The number of hydrogen-bond donors (Lipinski definition) is 0. The molecule has 3 rings (SSSR count). The number of nitrogens with zero attached hydrogens (tertiary/aromatic N) is 1. The van der Waals surface area contributed by atoms with E-state index in [1.807, 2.05) is 24.3 Å². The van der Waals surface area contributed by atoms with Crippen LogP contribution in [0.2, 0.25) is 5.02 Å². The van der Waals surface area contributed by atoms with Crippen LogP contribution in [-0.2, 0) is 6.42 Å². The van der Waals surface area contributed by atoms with Crippen molar-refractivity contribution in [1.29, 1.82) is 0 Å². The third-order valence-electron chi connectivity index (χ3n) is 3.23. The average Bonchev–Trinajstić information content (AvgIpc) is 2.39. The maximum atomic E-state index is 5.96. The number of benzene rings is 2. The molecule has 2 aromatic carbocycles. The topological polar surface area (TPSA) is 3.24 Å². The Morgan fingerprint density at radius 2 is 1.84 bits per heavy atom. The van der Waals surface area contributed by atoms with Gasteiger partial charge in [-0.15, -0.1) is 0 Å². The van der Waals surface area contributed by atoms with Crippen LogP contribution in [0.5, 0.6) is 0 Å². The van der Waals surface area contributed by atoms with Crippen molar-refractivity contribution in [3.05, 3.63) is 69.3 Å². The Labute approximate surface area is 126 Å². The van der Waals surface area contributed by atoms with Crippen LogP contribution in [0, 0.1) is 0 Å². The highest BCUT2D eigenvalue weighted by Gasteiger charge is 2.17. The molecule has 3 heteroatoms. The Kier molecular flexibility index (Phi) is 3.38. The maximum absolute atomic E-state index is 5.96. The van der Waals surface area contributed by atoms with Gasteiger partial charge in [-0.05, 0) is 55.3 Å². The zero-order valence-electron chi connectivity index (χ0n) is 10.5. The van der Waals surface area contributed by atoms with Crippen molar-refractivity contribution >= 4 is 38.9 Å². The third kappa shape index (κ3) is 2.56. The highest BCUT2D eigenvalue weighted by Crippen LogP contribution is 2.36. The van der Waals surface area contributed by atoms with Crippen molar-refractivity contribution in [2.24, 2.45) is 0 Å². The molecule has 1 heterocycles. The molecule has 0 N–H and O–H groups in total. The first-order valence-corrected chi connectivity index (χ1v) is 7.31. The van der Waals surface area contributed by atoms with Crippen LogP contribution < -0.4 is 4.90 Å². The summed E-state index contributed by atoms with van der Waals surface area (Å²) in [5, 5.41) is 0.760. The highest BCUT2D eigenvalue weighted by molar-refractivity contribution is 9.10. The van der Waals surface area contributed by atoms with Gasteiger partial charge in [0, 0.05) is 21.4 Å². The lowest BCUT2D eigenvalue weighted by Crippen LogP contribution is -2.16. The smallest absolute Gasteiger partial charge is 0.0501 e. The molecule has 0 saturated carbocycles. The molecule has 0 aliphatic carbocycles. The number of anilines is 2. The minimum Gasteiger partial charge on any atom is -0.317 e. The molecule has 0 aromatic heterocycles. The molecule has 0 spiro atoms. The van der Waals surface area contributed by atoms with E-state index in [2.05, 4.69) is 52.2 Å². The fraction of sp³-hybridized carbons (Fsp3) is 0.125. The molecule has 0 fully saturated rings. The fourth-order valence-corrected chi connectivity index (χ4v) is 2.84. The lowest BCUT2D eigenvalue weighted by Gasteiger charge is -2.29. The molecule has 96 valence electrons. The van der Waals surface area contributed by atoms with E-state index in [1.165, 1.54) is 16.8 Å². The Morgan fingerprint density at radius 1 is 1.11 bits per heavy atom. The molecule has 0 saturated heterocycles. The summed E-state index contributed by atoms with van der Waals surface area (Å²) in [5.41, 5.74) is 5.05. The van der Waals surface area contributed by atoms with E-state index in [0.29, 0.717) is 0 Å². The summed E-state index contributed by atoms with van der Waals surface area (Å²) >= 11 is 9.51. The normalized spacial score (nSPS) is 14.1. The van der Waals surface area contributed by atoms with Crippen molar-refractivity contribution in [2.75, 3.05) is 4.90 Å². The van der Waals surface area contributed by atoms with Crippen LogP contribution in [-0.4, -0.2) is 0 Å². The summed E-state index contributed by atoms with van der Waals surface area (Å²) in [6.45, 7) is 2.16. The molecule has 0 amide bonds. The lowest BCUT2D eigenvalue weighted by molar-refractivity contribution is 1.05. The van der Waals surface area contributed by atoms with E-state index in [-0.39, 0.29) is 0 Å². The standard InChI is InChI=1S/C16H13BrClN/c1-11-8-12-2-3-13(17)9-16(12)19(10-11)15-6-4-14(18)5-7-15/h2-7,9-10H,8H2,1H3. The summed E-state index contributed by atoms with van der Waals surface area (Å²) in [7, 11) is 0. The van der Waals surface area contributed by atoms with Gasteiger partial charge in [0.2, 0.25) is 0 Å². The largest absolute Gasteiger partial charge is 0.317 e. The van der Waals surface area contributed by atoms with Gasteiger partial charge in [-0.3, -0.25) is 0 Å². The van der Waals surface area contributed by atoms with Gasteiger partial charge in [0.1, 0.15) is 0 Å². The molecule has 0 atom stereocenters. The van der Waals surface area contributed by atoms with Gasteiger partial charge in [0.15, 0.2) is 0 Å². The second kappa shape index (κ2) is 5.03. The van der Waals surface area contributed by atoms with Gasteiger partial charge >= 0.3 is 0 Å². The van der Waals surface area contributed by atoms with Crippen molar-refractivity contribution in [2.45, 2.75) is 13.3 Å². The Balaban J connectivity index is 2.12. The number of halogens is 2. The molecular weight excluding hydrogens is 322 g/mol. The Bertz CT molecular complexity index is 646. The van der Waals surface area contributed by atoms with Crippen molar-refractivity contribution in [1.82, 2.24) is 0 Å². The summed E-state index contributed by atoms with van der Waals surface area (Å²) in [4.78, 5) is 2.22. The van der Waals surface area contributed by atoms with Crippen LogP contribution in [0.15, 0.2) is 58.7 Å². The number of fused-ring (bicyclic) bond motifs is 1. The lowest BCUT2D eigenvalue weighted by atomic mass is 10.00. The monoisotopic (exact) mass is 333 g/mol. The van der Waals surface area contributed by atoms with Gasteiger partial charge < -0.3 is 4.90 Å². The van der Waals surface area contributed by atoms with Crippen molar-refractivity contribution in [3.63, 3.8) is 0 Å². The van der Waals surface area contributed by atoms with Crippen LogP contribution in [0.3, 0.4) is 0 Å². The van der Waals surface area contributed by atoms with Crippen molar-refractivity contribution < 1.29 is 0 Å². The molecular formula is C16H13BrClN. The molecule has 2 aromatic rings. The average molecular weight is 335 g/mol. The number of allylic oxidation sites excluding steroid dienone is 1. The predicted molar refractivity (Wildman–Crippen MR) is 85.2 cm³/mol. The maximum Gasteiger partial charge on any atom is 0.0501 e. The predicted octanol–water partition coefficient (Wildman–Crippen LogP) is 5.70. The third-order valence-corrected chi connectivity index (χ3v) is 3.98. The van der Waals surface area contributed by atoms with Crippen LogP contribution >= 0.6 is 27.5 Å². The van der Waals surface area contributed by atoms with E-state index in [0.717, 1.165) is 21.6 Å². The second-order valence-corrected chi connectivity index (χ2v) is 6.12. The van der Waals surface area contributed by atoms with Gasteiger partial charge in [-0.25, -0.2) is 0 Å². The fourth-order valence-electron chi connectivity index (χ4n) is 2.36. The van der Waals surface area contributed by atoms with E-state index in [1.54, 1.807) is 0 Å². The molecule has 0 radical (unpaired) electrons. The molecule has 0 bridgehead atoms. The van der Waals surface area contributed by atoms with Crippen LogP contribution in [0.1, 0.15) is 12.5 Å². The molecule has 19 heavy (non-hydrogen) atoms. The molecule has 1 nitrogen and oxygen atoms in total. The van der Waals surface area contributed by atoms with E-state index in [4.69, 9.17) is 11.6 Å². The van der Waals surface area contributed by atoms with E-state index < -0.39 is 0 Å².